The maximum absolute atomic E-state index is 12.3. The number of nitrogens with zero attached hydrogens (tertiary/aromatic N) is 4. The monoisotopic (exact) mass is 388 g/mol. The van der Waals surface area contributed by atoms with Crippen LogP contribution in [-0.4, -0.2) is 40.8 Å². The average Bonchev–Trinajstić information content (AvgIpc) is 3.05. The van der Waals surface area contributed by atoms with Crippen LogP contribution in [0.2, 0.25) is 0 Å². The summed E-state index contributed by atoms with van der Waals surface area (Å²) in [5.41, 5.74) is 1.71. The highest BCUT2D eigenvalue weighted by molar-refractivity contribution is 7.16. The molecule has 27 heavy (non-hydrogen) atoms. The van der Waals surface area contributed by atoms with E-state index in [1.165, 1.54) is 15.9 Å². The fourth-order valence-electron chi connectivity index (χ4n) is 2.91. The predicted molar refractivity (Wildman–Crippen MR) is 106 cm³/mol. The van der Waals surface area contributed by atoms with E-state index in [4.69, 9.17) is 9.47 Å². The molecule has 3 aromatic rings. The van der Waals surface area contributed by atoms with Crippen LogP contribution in [0.25, 0.3) is 4.96 Å². The van der Waals surface area contributed by atoms with Gasteiger partial charge in [-0.3, -0.25) is 9.69 Å². The topological polar surface area (TPSA) is 69.0 Å². The number of ether oxygens (including phenoxy) is 2. The van der Waals surface area contributed by atoms with Gasteiger partial charge >= 0.3 is 0 Å². The summed E-state index contributed by atoms with van der Waals surface area (Å²) in [4.78, 5) is 19.7. The fourth-order valence-corrected chi connectivity index (χ4v) is 3.93. The fraction of sp³-hybridized carbons (Fsp3) is 0.421. The van der Waals surface area contributed by atoms with Crippen LogP contribution in [-0.2, 0) is 19.5 Å². The van der Waals surface area contributed by atoms with E-state index < -0.39 is 0 Å². The van der Waals surface area contributed by atoms with Gasteiger partial charge in [-0.15, -0.1) is 0 Å². The molecule has 0 spiro atoms. The second kappa shape index (κ2) is 8.49. The second-order valence-corrected chi connectivity index (χ2v) is 7.43. The summed E-state index contributed by atoms with van der Waals surface area (Å²) in [6, 6.07) is 7.42. The van der Waals surface area contributed by atoms with Crippen molar-refractivity contribution in [1.82, 2.24) is 19.5 Å². The van der Waals surface area contributed by atoms with Gasteiger partial charge in [-0.1, -0.05) is 24.3 Å². The maximum Gasteiger partial charge on any atom is 0.275 e. The number of aryl methyl sites for hydroxylation is 1. The number of fused-ring (bicyclic) bond motifs is 1. The van der Waals surface area contributed by atoms with Gasteiger partial charge in [-0.2, -0.15) is 9.61 Å². The molecule has 0 bridgehead atoms. The summed E-state index contributed by atoms with van der Waals surface area (Å²) >= 11 is 1.48. The first-order chi connectivity index (χ1) is 13.0. The lowest BCUT2D eigenvalue weighted by Crippen LogP contribution is -2.21. The Kier molecular flexibility index (Phi) is 6.08. The standard InChI is InChI=1S/C19H24N4O3S/c1-5-6-17-21-23-18(24)10-14(20-19(23)27-17)12-22(2)11-13-7-8-15(25-3)16(9-13)26-4/h7-10H,5-6,11-12H2,1-4H3. The molecular weight excluding hydrogens is 364 g/mol. The highest BCUT2D eigenvalue weighted by Crippen LogP contribution is 2.28. The van der Waals surface area contributed by atoms with Crippen molar-refractivity contribution in [3.8, 4) is 11.5 Å². The van der Waals surface area contributed by atoms with Gasteiger partial charge in [0, 0.05) is 25.6 Å². The summed E-state index contributed by atoms with van der Waals surface area (Å²) in [6.07, 6.45) is 1.86. The van der Waals surface area contributed by atoms with Gasteiger partial charge in [0.25, 0.3) is 5.56 Å². The second-order valence-electron chi connectivity index (χ2n) is 6.39. The lowest BCUT2D eigenvalue weighted by molar-refractivity contribution is 0.312. The summed E-state index contributed by atoms with van der Waals surface area (Å²) in [5, 5.41) is 5.29. The average molecular weight is 388 g/mol. The molecule has 0 aliphatic heterocycles. The Hall–Kier alpha value is -2.45. The predicted octanol–water partition coefficient (Wildman–Crippen LogP) is 2.75. The SMILES string of the molecule is CCCc1nn2c(=O)cc(CN(C)Cc3ccc(OC)c(OC)c3)nc2s1. The van der Waals surface area contributed by atoms with Crippen molar-refractivity contribution < 1.29 is 9.47 Å². The highest BCUT2D eigenvalue weighted by atomic mass is 32.1. The number of hydrogen-bond acceptors (Lipinski definition) is 7. The van der Waals surface area contributed by atoms with Crippen molar-refractivity contribution in [3.63, 3.8) is 0 Å². The van der Waals surface area contributed by atoms with Gasteiger partial charge in [0.15, 0.2) is 11.5 Å². The number of methoxy groups -OCH3 is 2. The third-order valence-corrected chi connectivity index (χ3v) is 5.10. The van der Waals surface area contributed by atoms with E-state index in [-0.39, 0.29) is 5.56 Å². The minimum Gasteiger partial charge on any atom is -0.493 e. The van der Waals surface area contributed by atoms with Crippen LogP contribution in [0.4, 0.5) is 0 Å². The van der Waals surface area contributed by atoms with Crippen LogP contribution in [0.5, 0.6) is 11.5 Å². The zero-order valence-electron chi connectivity index (χ0n) is 16.1. The van der Waals surface area contributed by atoms with Gasteiger partial charge in [0.05, 0.1) is 19.9 Å². The van der Waals surface area contributed by atoms with Crippen LogP contribution in [0.1, 0.15) is 29.6 Å². The smallest absolute Gasteiger partial charge is 0.275 e. The first-order valence-corrected chi connectivity index (χ1v) is 9.63. The molecule has 1 aromatic carbocycles. The minimum atomic E-state index is -0.131. The highest BCUT2D eigenvalue weighted by Gasteiger charge is 2.11. The first kappa shape index (κ1) is 19.3. The largest absolute Gasteiger partial charge is 0.493 e. The van der Waals surface area contributed by atoms with Crippen molar-refractivity contribution in [1.29, 1.82) is 0 Å². The van der Waals surface area contributed by atoms with Gasteiger partial charge < -0.3 is 9.47 Å². The Bertz CT molecular complexity index is 983. The molecule has 0 saturated carbocycles. The third kappa shape index (κ3) is 4.45. The molecule has 144 valence electrons. The van der Waals surface area contributed by atoms with Gasteiger partial charge in [-0.25, -0.2) is 4.98 Å². The molecule has 0 unspecified atom stereocenters. The molecule has 2 heterocycles. The van der Waals surface area contributed by atoms with Gasteiger partial charge in [-0.05, 0) is 31.2 Å². The van der Waals surface area contributed by atoms with Crippen molar-refractivity contribution in [2.75, 3.05) is 21.3 Å². The van der Waals surface area contributed by atoms with E-state index in [2.05, 4.69) is 21.9 Å². The van der Waals surface area contributed by atoms with Crippen LogP contribution in [0, 0.1) is 0 Å². The van der Waals surface area contributed by atoms with Gasteiger partial charge in [0.2, 0.25) is 4.96 Å². The maximum atomic E-state index is 12.3. The zero-order chi connectivity index (χ0) is 19.4. The van der Waals surface area contributed by atoms with Crippen LogP contribution < -0.4 is 15.0 Å². The summed E-state index contributed by atoms with van der Waals surface area (Å²) in [5.74, 6) is 1.41. The number of benzene rings is 1. The van der Waals surface area contributed by atoms with E-state index >= 15 is 0 Å². The third-order valence-electron chi connectivity index (χ3n) is 4.14. The zero-order valence-corrected chi connectivity index (χ0v) is 16.9. The normalized spacial score (nSPS) is 11.3. The molecule has 0 aliphatic carbocycles. The van der Waals surface area contributed by atoms with Crippen molar-refractivity contribution in [3.05, 3.63) is 50.9 Å². The first-order valence-electron chi connectivity index (χ1n) is 8.82. The van der Waals surface area contributed by atoms with Crippen LogP contribution >= 0.6 is 11.3 Å². The number of hydrogen-bond donors (Lipinski definition) is 0. The van der Waals surface area contributed by atoms with Crippen LogP contribution in [0.3, 0.4) is 0 Å². The molecular formula is C19H24N4O3S. The Labute approximate surface area is 162 Å². The van der Waals surface area contributed by atoms with E-state index in [9.17, 15) is 4.79 Å². The van der Waals surface area contributed by atoms with Crippen LogP contribution in [0.15, 0.2) is 29.1 Å². The van der Waals surface area contributed by atoms with Crippen molar-refractivity contribution in [2.24, 2.45) is 0 Å². The molecule has 0 radical (unpaired) electrons. The van der Waals surface area contributed by atoms with E-state index in [1.54, 1.807) is 20.3 Å². The Balaban J connectivity index is 1.75. The summed E-state index contributed by atoms with van der Waals surface area (Å²) < 4.78 is 12.0. The van der Waals surface area contributed by atoms with Crippen molar-refractivity contribution >= 4 is 16.3 Å². The molecule has 0 fully saturated rings. The van der Waals surface area contributed by atoms with E-state index in [0.29, 0.717) is 29.5 Å². The molecule has 0 N–H and O–H groups in total. The molecule has 0 amide bonds. The molecule has 0 aliphatic rings. The summed E-state index contributed by atoms with van der Waals surface area (Å²) in [6.45, 7) is 3.36. The van der Waals surface area contributed by atoms with Crippen molar-refractivity contribution in [2.45, 2.75) is 32.9 Å². The van der Waals surface area contributed by atoms with E-state index in [0.717, 1.165) is 29.1 Å². The number of aromatic nitrogens is 3. The minimum absolute atomic E-state index is 0.131. The lowest BCUT2D eigenvalue weighted by Gasteiger charge is -2.17. The number of rotatable bonds is 8. The molecule has 0 saturated heterocycles. The Morgan fingerprint density at radius 1 is 1.15 bits per heavy atom. The molecule has 7 nitrogen and oxygen atoms in total. The lowest BCUT2D eigenvalue weighted by atomic mass is 10.2. The molecule has 0 atom stereocenters. The Morgan fingerprint density at radius 2 is 1.93 bits per heavy atom. The molecule has 2 aromatic heterocycles. The van der Waals surface area contributed by atoms with E-state index in [1.807, 2.05) is 25.2 Å². The molecule has 8 heteroatoms. The summed E-state index contributed by atoms with van der Waals surface area (Å²) in [7, 11) is 5.24. The Morgan fingerprint density at radius 3 is 2.63 bits per heavy atom. The molecule has 3 rings (SSSR count). The quantitative estimate of drug-likeness (QED) is 0.591. The van der Waals surface area contributed by atoms with Gasteiger partial charge in [0.1, 0.15) is 5.01 Å².